The maximum Gasteiger partial charge on any atom is 0.150 e. The van der Waals surface area contributed by atoms with Crippen molar-refractivity contribution in [3.63, 3.8) is 0 Å². The number of hydrogen-bond donors (Lipinski definition) is 1. The average molecular weight is 312 g/mol. The highest BCUT2D eigenvalue weighted by molar-refractivity contribution is 7.80. The summed E-state index contributed by atoms with van der Waals surface area (Å²) in [5, 5.41) is 1.93. The minimum atomic E-state index is -0.668. The Bertz CT molecular complexity index is 603. The van der Waals surface area contributed by atoms with E-state index in [0.717, 1.165) is 4.88 Å². The molecular formula is C14H14F2N2S2. The van der Waals surface area contributed by atoms with Crippen molar-refractivity contribution < 1.29 is 8.78 Å². The highest BCUT2D eigenvalue weighted by atomic mass is 32.1. The highest BCUT2D eigenvalue weighted by Crippen LogP contribution is 2.32. The van der Waals surface area contributed by atoms with Crippen LogP contribution in [-0.4, -0.2) is 12.0 Å². The van der Waals surface area contributed by atoms with Crippen molar-refractivity contribution in [3.05, 3.63) is 51.7 Å². The van der Waals surface area contributed by atoms with E-state index in [-0.39, 0.29) is 22.3 Å². The molecule has 2 rings (SSSR count). The molecule has 0 fully saturated rings. The van der Waals surface area contributed by atoms with Crippen molar-refractivity contribution in [2.75, 3.05) is 11.9 Å². The van der Waals surface area contributed by atoms with Crippen LogP contribution in [0.4, 0.5) is 14.5 Å². The fourth-order valence-corrected chi connectivity index (χ4v) is 2.90. The molecule has 0 bridgehead atoms. The zero-order valence-corrected chi connectivity index (χ0v) is 12.7. The number of halogens is 2. The summed E-state index contributed by atoms with van der Waals surface area (Å²) in [7, 11) is 1.66. The quantitative estimate of drug-likeness (QED) is 0.869. The van der Waals surface area contributed by atoms with Crippen LogP contribution in [-0.2, 0) is 0 Å². The largest absolute Gasteiger partial charge is 0.389 e. The lowest BCUT2D eigenvalue weighted by Crippen LogP contribution is -2.24. The molecule has 0 saturated carbocycles. The molecule has 1 aromatic heterocycles. The maximum absolute atomic E-state index is 14.1. The first kappa shape index (κ1) is 14.9. The van der Waals surface area contributed by atoms with Crippen LogP contribution in [0.2, 0.25) is 0 Å². The fraction of sp³-hybridized carbons (Fsp3) is 0.214. The molecule has 20 heavy (non-hydrogen) atoms. The third-order valence-corrected chi connectivity index (χ3v) is 4.47. The van der Waals surface area contributed by atoms with Gasteiger partial charge in [-0.05, 0) is 30.5 Å². The number of nitrogens with two attached hydrogens (primary N) is 1. The van der Waals surface area contributed by atoms with Gasteiger partial charge in [0.2, 0.25) is 0 Å². The Hall–Kier alpha value is -1.53. The Morgan fingerprint density at radius 3 is 2.40 bits per heavy atom. The van der Waals surface area contributed by atoms with Crippen LogP contribution in [0.25, 0.3) is 0 Å². The number of nitrogens with zero attached hydrogens (tertiary/aromatic N) is 1. The first-order valence-corrected chi connectivity index (χ1v) is 7.25. The molecule has 6 heteroatoms. The molecule has 0 amide bonds. The van der Waals surface area contributed by atoms with Crippen LogP contribution in [0, 0.1) is 11.6 Å². The van der Waals surface area contributed by atoms with E-state index in [0.29, 0.717) is 0 Å². The van der Waals surface area contributed by atoms with E-state index in [2.05, 4.69) is 0 Å². The summed E-state index contributed by atoms with van der Waals surface area (Å²) in [6, 6.07) is 6.05. The van der Waals surface area contributed by atoms with Gasteiger partial charge in [0.1, 0.15) is 22.3 Å². The summed E-state index contributed by atoms with van der Waals surface area (Å²) in [6.07, 6.45) is 0. The van der Waals surface area contributed by atoms with Crippen molar-refractivity contribution in [1.82, 2.24) is 0 Å². The second-order valence-corrected chi connectivity index (χ2v) is 5.87. The fourth-order valence-electron chi connectivity index (χ4n) is 1.96. The van der Waals surface area contributed by atoms with Crippen LogP contribution < -0.4 is 10.6 Å². The molecular weight excluding hydrogens is 298 g/mol. The van der Waals surface area contributed by atoms with E-state index in [1.54, 1.807) is 23.3 Å². The molecule has 2 nitrogen and oxygen atoms in total. The van der Waals surface area contributed by atoms with E-state index < -0.39 is 11.6 Å². The summed E-state index contributed by atoms with van der Waals surface area (Å²) in [4.78, 5) is 2.58. The van der Waals surface area contributed by atoms with Gasteiger partial charge in [-0.15, -0.1) is 11.3 Å². The number of anilines is 1. The van der Waals surface area contributed by atoms with Crippen molar-refractivity contribution in [2.45, 2.75) is 13.0 Å². The Morgan fingerprint density at radius 1 is 1.35 bits per heavy atom. The molecule has 1 atom stereocenters. The molecule has 1 aromatic carbocycles. The number of thiocarbonyl (C=S) groups is 1. The normalized spacial score (nSPS) is 12.2. The molecule has 0 aliphatic rings. The third kappa shape index (κ3) is 2.81. The van der Waals surface area contributed by atoms with Crippen molar-refractivity contribution in [2.24, 2.45) is 5.73 Å². The summed E-state index contributed by atoms with van der Waals surface area (Å²) >= 11 is 6.29. The average Bonchev–Trinajstić information content (AvgIpc) is 2.90. The first-order chi connectivity index (χ1) is 9.41. The monoisotopic (exact) mass is 312 g/mol. The zero-order valence-electron chi connectivity index (χ0n) is 11.1. The predicted molar refractivity (Wildman–Crippen MR) is 83.4 cm³/mol. The van der Waals surface area contributed by atoms with Gasteiger partial charge in [-0.3, -0.25) is 0 Å². The van der Waals surface area contributed by atoms with Gasteiger partial charge in [0, 0.05) is 17.5 Å². The van der Waals surface area contributed by atoms with E-state index in [1.807, 2.05) is 24.4 Å². The van der Waals surface area contributed by atoms with Gasteiger partial charge in [0.25, 0.3) is 0 Å². The third-order valence-electron chi connectivity index (χ3n) is 3.19. The number of hydrogen-bond acceptors (Lipinski definition) is 3. The summed E-state index contributed by atoms with van der Waals surface area (Å²) in [5.41, 5.74) is 5.51. The van der Waals surface area contributed by atoms with Crippen LogP contribution >= 0.6 is 23.6 Å². The lowest BCUT2D eigenvalue weighted by molar-refractivity contribution is 0.566. The van der Waals surface area contributed by atoms with E-state index in [1.165, 1.54) is 12.1 Å². The van der Waals surface area contributed by atoms with Gasteiger partial charge < -0.3 is 10.6 Å². The summed E-state index contributed by atoms with van der Waals surface area (Å²) in [5.74, 6) is -1.34. The Balaban J connectivity index is 2.40. The minimum Gasteiger partial charge on any atom is -0.389 e. The number of thiophene rings is 1. The van der Waals surface area contributed by atoms with Crippen molar-refractivity contribution in [1.29, 1.82) is 0 Å². The summed E-state index contributed by atoms with van der Waals surface area (Å²) in [6.45, 7) is 1.90. The minimum absolute atomic E-state index is 0.0247. The smallest absolute Gasteiger partial charge is 0.150 e. The second kappa shape index (κ2) is 5.85. The van der Waals surface area contributed by atoms with Crippen LogP contribution in [0.5, 0.6) is 0 Å². The molecule has 1 heterocycles. The van der Waals surface area contributed by atoms with Gasteiger partial charge in [0.05, 0.1) is 6.04 Å². The van der Waals surface area contributed by atoms with E-state index in [4.69, 9.17) is 18.0 Å². The zero-order chi connectivity index (χ0) is 14.9. The number of rotatable bonds is 4. The molecule has 0 radical (unpaired) electrons. The lowest BCUT2D eigenvalue weighted by atomic mass is 10.1. The van der Waals surface area contributed by atoms with Crippen LogP contribution in [0.1, 0.15) is 23.4 Å². The molecule has 106 valence electrons. The molecule has 0 spiro atoms. The van der Waals surface area contributed by atoms with Crippen LogP contribution in [0.3, 0.4) is 0 Å². The maximum atomic E-state index is 14.1. The summed E-state index contributed by atoms with van der Waals surface area (Å²) < 4.78 is 28.3. The highest BCUT2D eigenvalue weighted by Gasteiger charge is 2.21. The molecule has 2 aromatic rings. The number of benzene rings is 1. The first-order valence-electron chi connectivity index (χ1n) is 5.97. The molecule has 1 unspecified atom stereocenters. The molecule has 0 saturated heterocycles. The van der Waals surface area contributed by atoms with E-state index in [9.17, 15) is 8.78 Å². The standard InChI is InChI=1S/C14H14F2N2S2/c1-8(12-4-3-5-20-12)18(2)13-10(15)6-9(14(17)19)7-11(13)16/h3-8H,1-2H3,(H2,17,19). The SMILES string of the molecule is CC(c1cccs1)N(C)c1c(F)cc(C(N)=S)cc1F. The van der Waals surface area contributed by atoms with Crippen LogP contribution in [0.15, 0.2) is 29.6 Å². The predicted octanol–water partition coefficient (Wildman–Crippen LogP) is 3.86. The second-order valence-electron chi connectivity index (χ2n) is 4.46. The molecule has 2 N–H and O–H groups in total. The van der Waals surface area contributed by atoms with Crippen molar-refractivity contribution >= 4 is 34.2 Å². The molecule has 0 aliphatic heterocycles. The Morgan fingerprint density at radius 2 is 1.95 bits per heavy atom. The molecule has 0 aliphatic carbocycles. The topological polar surface area (TPSA) is 29.3 Å². The lowest BCUT2D eigenvalue weighted by Gasteiger charge is -2.27. The van der Waals surface area contributed by atoms with E-state index >= 15 is 0 Å². The Kier molecular flexibility index (Phi) is 4.35. The van der Waals surface area contributed by atoms with Gasteiger partial charge in [0.15, 0.2) is 0 Å². The van der Waals surface area contributed by atoms with Gasteiger partial charge in [-0.2, -0.15) is 0 Å². The van der Waals surface area contributed by atoms with Gasteiger partial charge in [-0.25, -0.2) is 8.78 Å². The van der Waals surface area contributed by atoms with Gasteiger partial charge in [-0.1, -0.05) is 18.3 Å². The van der Waals surface area contributed by atoms with Crippen molar-refractivity contribution in [3.8, 4) is 0 Å². The Labute approximate surface area is 125 Å². The van der Waals surface area contributed by atoms with Gasteiger partial charge >= 0.3 is 0 Å².